The Labute approximate surface area is 115 Å². The van der Waals surface area contributed by atoms with E-state index in [0.29, 0.717) is 28.9 Å². The predicted molar refractivity (Wildman–Crippen MR) is 70.8 cm³/mol. The van der Waals surface area contributed by atoms with Gasteiger partial charge in [-0.1, -0.05) is 13.8 Å². The van der Waals surface area contributed by atoms with Gasteiger partial charge in [-0.2, -0.15) is 5.10 Å². The highest BCUT2D eigenvalue weighted by molar-refractivity contribution is 6.47. The van der Waals surface area contributed by atoms with Gasteiger partial charge in [0.1, 0.15) is 11.5 Å². The fourth-order valence-electron chi connectivity index (χ4n) is 2.51. The third kappa shape index (κ3) is 1.78. The Morgan fingerprint density at radius 3 is 2.50 bits per heavy atom. The summed E-state index contributed by atoms with van der Waals surface area (Å²) in [4.78, 5) is 24.4. The number of nitrogens with one attached hydrogen (secondary N) is 1. The van der Waals surface area contributed by atoms with Gasteiger partial charge in [0.25, 0.3) is 0 Å². The predicted octanol–water partition coefficient (Wildman–Crippen LogP) is 2.55. The molecule has 0 saturated carbocycles. The molecule has 0 unspecified atom stereocenters. The number of halogens is 1. The maximum Gasteiger partial charge on any atom is 0.233 e. The molecule has 0 radical (unpaired) electrons. The molecule has 1 aromatic carbocycles. The zero-order valence-electron chi connectivity index (χ0n) is 11.2. The number of nitrogens with zero attached hydrogens (tertiary/aromatic N) is 1. The van der Waals surface area contributed by atoms with Gasteiger partial charge in [-0.15, -0.1) is 0 Å². The van der Waals surface area contributed by atoms with Crippen LogP contribution in [0.1, 0.15) is 29.9 Å². The Bertz CT molecular complexity index is 714. The van der Waals surface area contributed by atoms with Crippen LogP contribution in [-0.2, 0) is 11.2 Å². The van der Waals surface area contributed by atoms with Crippen molar-refractivity contribution in [2.75, 3.05) is 0 Å². The van der Waals surface area contributed by atoms with Crippen LogP contribution in [0, 0.1) is 11.2 Å². The van der Waals surface area contributed by atoms with E-state index in [1.54, 1.807) is 26.0 Å². The van der Waals surface area contributed by atoms with E-state index < -0.39 is 17.0 Å². The molecule has 5 heteroatoms. The third-order valence-corrected chi connectivity index (χ3v) is 3.63. The molecule has 4 nitrogen and oxygen atoms in total. The quantitative estimate of drug-likeness (QED) is 0.811. The van der Waals surface area contributed by atoms with E-state index >= 15 is 0 Å². The van der Waals surface area contributed by atoms with E-state index in [4.69, 9.17) is 0 Å². The second kappa shape index (κ2) is 4.10. The zero-order valence-corrected chi connectivity index (χ0v) is 11.2. The molecular formula is C15H13FN2O2. The summed E-state index contributed by atoms with van der Waals surface area (Å²) >= 11 is 0. The van der Waals surface area contributed by atoms with Gasteiger partial charge in [0.15, 0.2) is 0 Å². The Hall–Kier alpha value is -2.30. The van der Waals surface area contributed by atoms with Crippen LogP contribution in [0.5, 0.6) is 0 Å². The minimum Gasteiger partial charge on any atom is -0.290 e. The normalized spacial score (nSPS) is 17.1. The molecule has 1 aromatic heterocycles. The highest BCUT2D eigenvalue weighted by Gasteiger charge is 2.42. The molecule has 1 aliphatic carbocycles. The van der Waals surface area contributed by atoms with Gasteiger partial charge in [-0.25, -0.2) is 4.39 Å². The van der Waals surface area contributed by atoms with Crippen molar-refractivity contribution in [3.8, 4) is 11.3 Å². The molecule has 20 heavy (non-hydrogen) atoms. The number of H-pyrrole nitrogens is 1. The fraction of sp³-hybridized carbons (Fsp3) is 0.267. The lowest BCUT2D eigenvalue weighted by molar-refractivity contribution is -0.123. The van der Waals surface area contributed by atoms with Crippen LogP contribution < -0.4 is 0 Å². The Morgan fingerprint density at radius 1 is 1.20 bits per heavy atom. The number of hydrogen-bond acceptors (Lipinski definition) is 3. The van der Waals surface area contributed by atoms with Crippen molar-refractivity contribution >= 4 is 11.6 Å². The smallest absolute Gasteiger partial charge is 0.233 e. The molecule has 1 heterocycles. The van der Waals surface area contributed by atoms with Crippen molar-refractivity contribution < 1.29 is 14.0 Å². The summed E-state index contributed by atoms with van der Waals surface area (Å²) in [6, 6.07) is 5.69. The second-order valence-corrected chi connectivity index (χ2v) is 5.65. The lowest BCUT2D eigenvalue weighted by Gasteiger charge is -2.26. The van der Waals surface area contributed by atoms with Crippen LogP contribution in [0.2, 0.25) is 0 Å². The van der Waals surface area contributed by atoms with Crippen molar-refractivity contribution in [3.63, 3.8) is 0 Å². The van der Waals surface area contributed by atoms with Gasteiger partial charge < -0.3 is 0 Å². The third-order valence-electron chi connectivity index (χ3n) is 3.63. The van der Waals surface area contributed by atoms with Gasteiger partial charge in [0.2, 0.25) is 11.6 Å². The lowest BCUT2D eigenvalue weighted by atomic mass is 9.74. The van der Waals surface area contributed by atoms with E-state index in [0.717, 1.165) is 0 Å². The summed E-state index contributed by atoms with van der Waals surface area (Å²) in [5, 5.41) is 6.96. The van der Waals surface area contributed by atoms with E-state index in [2.05, 4.69) is 10.2 Å². The number of carbonyl (C=O) groups excluding carboxylic acids is 2. The maximum atomic E-state index is 13.0. The molecule has 102 valence electrons. The SMILES string of the molecule is CC1(C)Cc2[nH]nc(-c3ccc(F)cc3)c2C(=O)C1=O. The summed E-state index contributed by atoms with van der Waals surface area (Å²) < 4.78 is 13.0. The molecule has 0 saturated heterocycles. The van der Waals surface area contributed by atoms with Crippen LogP contribution in [0.25, 0.3) is 11.3 Å². The van der Waals surface area contributed by atoms with Gasteiger partial charge in [0, 0.05) is 23.1 Å². The van der Waals surface area contributed by atoms with Gasteiger partial charge in [-0.05, 0) is 24.3 Å². The minimum absolute atomic E-state index is 0.320. The largest absolute Gasteiger partial charge is 0.290 e. The summed E-state index contributed by atoms with van der Waals surface area (Å²) in [5.74, 6) is -1.29. The first-order valence-corrected chi connectivity index (χ1v) is 6.32. The molecule has 1 N–H and O–H groups in total. The van der Waals surface area contributed by atoms with Crippen LogP contribution >= 0.6 is 0 Å². The summed E-state index contributed by atoms with van der Waals surface area (Å²) in [6.45, 7) is 3.49. The summed E-state index contributed by atoms with van der Waals surface area (Å²) in [6.07, 6.45) is 0.446. The zero-order chi connectivity index (χ0) is 14.5. The average Bonchev–Trinajstić information content (AvgIpc) is 2.80. The minimum atomic E-state index is -0.712. The van der Waals surface area contributed by atoms with Gasteiger partial charge in [0.05, 0.1) is 5.56 Å². The number of aromatic amines is 1. The highest BCUT2D eigenvalue weighted by atomic mass is 19.1. The number of hydrogen-bond donors (Lipinski definition) is 1. The topological polar surface area (TPSA) is 62.8 Å². The maximum absolute atomic E-state index is 13.0. The van der Waals surface area contributed by atoms with E-state index in [-0.39, 0.29) is 5.82 Å². The standard InChI is InChI=1S/C15H13FN2O2/c1-15(2)7-10-11(13(19)14(15)20)12(18-17-10)8-3-5-9(16)6-4-8/h3-6H,7H2,1-2H3,(H,17,18). The molecule has 0 fully saturated rings. The molecule has 0 amide bonds. The molecule has 0 bridgehead atoms. The monoisotopic (exact) mass is 272 g/mol. The Kier molecular flexibility index (Phi) is 2.61. The van der Waals surface area contributed by atoms with Crippen LogP contribution in [0.3, 0.4) is 0 Å². The van der Waals surface area contributed by atoms with Crippen LogP contribution in [0.4, 0.5) is 4.39 Å². The average molecular weight is 272 g/mol. The number of ketones is 2. The number of benzene rings is 1. The van der Waals surface area contributed by atoms with Gasteiger partial charge >= 0.3 is 0 Å². The number of fused-ring (bicyclic) bond motifs is 1. The van der Waals surface area contributed by atoms with E-state index in [1.165, 1.54) is 12.1 Å². The summed E-state index contributed by atoms with van der Waals surface area (Å²) in [5.41, 5.74) is 1.30. The second-order valence-electron chi connectivity index (χ2n) is 5.65. The molecule has 0 spiro atoms. The van der Waals surface area contributed by atoms with Crippen LogP contribution in [0.15, 0.2) is 24.3 Å². The number of carbonyl (C=O) groups is 2. The number of aromatic nitrogens is 2. The Balaban J connectivity index is 2.15. The molecule has 3 rings (SSSR count). The van der Waals surface area contributed by atoms with Crippen molar-refractivity contribution in [2.45, 2.75) is 20.3 Å². The van der Waals surface area contributed by atoms with Crippen LogP contribution in [-0.4, -0.2) is 21.8 Å². The Morgan fingerprint density at radius 2 is 1.85 bits per heavy atom. The van der Waals surface area contributed by atoms with Crippen molar-refractivity contribution in [2.24, 2.45) is 5.41 Å². The molecule has 0 atom stereocenters. The van der Waals surface area contributed by atoms with E-state index in [9.17, 15) is 14.0 Å². The van der Waals surface area contributed by atoms with Crippen molar-refractivity contribution in [1.29, 1.82) is 0 Å². The number of Topliss-reactive ketones (excluding diaryl/α,β-unsaturated/α-hetero) is 2. The fourth-order valence-corrected chi connectivity index (χ4v) is 2.51. The van der Waals surface area contributed by atoms with Gasteiger partial charge in [-0.3, -0.25) is 14.7 Å². The first kappa shape index (κ1) is 12.7. The molecule has 0 aliphatic heterocycles. The molecule has 1 aliphatic rings. The highest BCUT2D eigenvalue weighted by Crippen LogP contribution is 2.35. The van der Waals surface area contributed by atoms with Crippen molar-refractivity contribution in [1.82, 2.24) is 10.2 Å². The van der Waals surface area contributed by atoms with E-state index in [1.807, 2.05) is 0 Å². The summed E-state index contributed by atoms with van der Waals surface area (Å²) in [7, 11) is 0. The van der Waals surface area contributed by atoms with Crippen molar-refractivity contribution in [3.05, 3.63) is 41.3 Å². The first-order chi connectivity index (χ1) is 9.40. The number of rotatable bonds is 1. The molecular weight excluding hydrogens is 259 g/mol. The lowest BCUT2D eigenvalue weighted by Crippen LogP contribution is -2.38. The molecule has 2 aromatic rings. The first-order valence-electron chi connectivity index (χ1n) is 6.32.